The summed E-state index contributed by atoms with van der Waals surface area (Å²) in [6.07, 6.45) is 10.9. The molecule has 51 heavy (non-hydrogen) atoms. The van der Waals surface area contributed by atoms with Crippen LogP contribution in [0.15, 0.2) is 89.2 Å². The predicted octanol–water partition coefficient (Wildman–Crippen LogP) is 5.73. The molecule has 5 atom stereocenters. The number of anilines is 2. The van der Waals surface area contributed by atoms with E-state index >= 15 is 0 Å². The molecule has 0 saturated carbocycles. The number of rotatable bonds is 11. The highest BCUT2D eigenvalue weighted by molar-refractivity contribution is 6.33. The second-order valence-corrected chi connectivity index (χ2v) is 14.9. The quantitative estimate of drug-likeness (QED) is 0.179. The maximum Gasteiger partial charge on any atom is 0.350 e. The van der Waals surface area contributed by atoms with Crippen LogP contribution in [0.4, 0.5) is 11.4 Å². The summed E-state index contributed by atoms with van der Waals surface area (Å²) in [6, 6.07) is 14.5. The second kappa shape index (κ2) is 14.5. The largest absolute Gasteiger partial charge is 0.491 e. The van der Waals surface area contributed by atoms with Gasteiger partial charge in [-0.15, -0.1) is 11.6 Å². The van der Waals surface area contributed by atoms with E-state index in [1.165, 1.54) is 0 Å². The van der Waals surface area contributed by atoms with Crippen LogP contribution in [0.3, 0.4) is 0 Å². The maximum absolute atomic E-state index is 12.8. The van der Waals surface area contributed by atoms with Crippen molar-refractivity contribution in [3.63, 3.8) is 0 Å². The zero-order valence-electron chi connectivity index (χ0n) is 29.4. The highest BCUT2D eigenvalue weighted by atomic mass is 35.5. The Hall–Kier alpha value is -4.10. The Labute approximate surface area is 307 Å². The molecule has 270 valence electrons. The Morgan fingerprint density at radius 1 is 1.00 bits per heavy atom. The lowest BCUT2D eigenvalue weighted by molar-refractivity contribution is -0.212. The Morgan fingerprint density at radius 3 is 2.33 bits per heavy atom. The number of aryl methyl sites for hydroxylation is 1. The summed E-state index contributed by atoms with van der Waals surface area (Å²) < 4.78 is 22.5. The first kappa shape index (κ1) is 35.3. The van der Waals surface area contributed by atoms with Gasteiger partial charge in [-0.3, -0.25) is 0 Å². The van der Waals surface area contributed by atoms with Gasteiger partial charge in [0.1, 0.15) is 31.3 Å². The van der Waals surface area contributed by atoms with E-state index in [0.29, 0.717) is 18.2 Å². The number of piperazine rings is 1. The van der Waals surface area contributed by atoms with Crippen molar-refractivity contribution in [1.82, 2.24) is 29.3 Å². The molecule has 2 aromatic heterocycles. The van der Waals surface area contributed by atoms with Gasteiger partial charge in [0, 0.05) is 42.6 Å². The number of allylic oxidation sites excluding steroid dienone is 3. The molecule has 0 spiro atoms. The van der Waals surface area contributed by atoms with Gasteiger partial charge in [0.05, 0.1) is 41.5 Å². The van der Waals surface area contributed by atoms with Crippen LogP contribution in [0.1, 0.15) is 38.8 Å². The highest BCUT2D eigenvalue weighted by Gasteiger charge is 2.54. The fourth-order valence-electron chi connectivity index (χ4n) is 7.08. The third-order valence-electron chi connectivity index (χ3n) is 10.1. The van der Waals surface area contributed by atoms with Crippen molar-refractivity contribution < 1.29 is 14.2 Å². The van der Waals surface area contributed by atoms with Crippen molar-refractivity contribution in [2.24, 2.45) is 5.92 Å². The molecule has 2 saturated heterocycles. The average Bonchev–Trinajstić information content (AvgIpc) is 3.88. The summed E-state index contributed by atoms with van der Waals surface area (Å²) in [6.45, 7) is 12.5. The number of alkyl halides is 1. The molecule has 2 fully saturated rings. The van der Waals surface area contributed by atoms with Gasteiger partial charge in [0.15, 0.2) is 5.79 Å². The van der Waals surface area contributed by atoms with Gasteiger partial charge in [-0.1, -0.05) is 24.6 Å². The Bertz CT molecular complexity index is 1930. The van der Waals surface area contributed by atoms with Crippen molar-refractivity contribution in [1.29, 1.82) is 0 Å². The lowest BCUT2D eigenvalue weighted by atomic mass is 9.82. The number of hydrogen-bond acceptors (Lipinski definition) is 9. The zero-order valence-corrected chi connectivity index (χ0v) is 30.9. The van der Waals surface area contributed by atoms with E-state index in [1.54, 1.807) is 32.8 Å². The summed E-state index contributed by atoms with van der Waals surface area (Å²) >= 11 is 13.3. The molecule has 0 N–H and O–H groups in total. The Kier molecular flexibility index (Phi) is 10.0. The van der Waals surface area contributed by atoms with Gasteiger partial charge >= 0.3 is 5.69 Å². The monoisotopic (exact) mass is 734 g/mol. The van der Waals surface area contributed by atoms with Gasteiger partial charge in [0.25, 0.3) is 0 Å². The Morgan fingerprint density at radius 2 is 1.67 bits per heavy atom. The molecule has 14 heteroatoms. The number of benzene rings is 2. The van der Waals surface area contributed by atoms with E-state index in [1.807, 2.05) is 50.3 Å². The molecule has 12 nitrogen and oxygen atoms in total. The molecule has 0 amide bonds. The number of aromatic nitrogens is 6. The molecular weight excluding hydrogens is 691 g/mol. The lowest BCUT2D eigenvalue weighted by Crippen LogP contribution is -2.51. The molecule has 3 aliphatic rings. The number of halogens is 2. The fraction of sp³-hybridized carbons (Fsp3) is 0.459. The van der Waals surface area contributed by atoms with Crippen LogP contribution >= 0.6 is 23.2 Å². The number of nitrogens with zero attached hydrogens (tertiary/aromatic N) is 8. The van der Waals surface area contributed by atoms with Crippen LogP contribution in [0, 0.1) is 12.8 Å². The topological polar surface area (TPSA) is 105 Å². The normalized spacial score (nSPS) is 25.6. The van der Waals surface area contributed by atoms with E-state index in [4.69, 9.17) is 37.4 Å². The fourth-order valence-corrected chi connectivity index (χ4v) is 7.80. The minimum Gasteiger partial charge on any atom is -0.491 e. The first-order valence-electron chi connectivity index (χ1n) is 17.5. The summed E-state index contributed by atoms with van der Waals surface area (Å²) in [7, 11) is 0. The maximum atomic E-state index is 12.8. The molecule has 4 heterocycles. The van der Waals surface area contributed by atoms with Crippen molar-refractivity contribution in [3.8, 4) is 11.4 Å². The summed E-state index contributed by atoms with van der Waals surface area (Å²) in [5, 5.41) is 13.5. The third-order valence-corrected chi connectivity index (χ3v) is 10.7. The van der Waals surface area contributed by atoms with Crippen molar-refractivity contribution in [3.05, 3.63) is 100 Å². The van der Waals surface area contributed by atoms with Crippen LogP contribution in [0.5, 0.6) is 5.75 Å². The van der Waals surface area contributed by atoms with E-state index < -0.39 is 10.7 Å². The van der Waals surface area contributed by atoms with Crippen molar-refractivity contribution in [2.75, 3.05) is 49.2 Å². The van der Waals surface area contributed by atoms with Gasteiger partial charge in [0.2, 0.25) is 0 Å². The first-order chi connectivity index (χ1) is 24.5. The van der Waals surface area contributed by atoms with Crippen molar-refractivity contribution >= 4 is 34.6 Å². The Balaban J connectivity index is 0.946. The standard InChI is InChI=1S/C37H44Cl2N8O4/c1-5-27(3)47-35(48)45(25-42-47)30-9-7-29(8-10-30)43-16-18-44(19-17-43)31-11-12-33(26(2)20-31)49-22-32-23-50-37(51-32,24-46-40-14-15-41-46)34-13-6-28(38)21-36(34,4)39/h6-15,20-21,25,27,32,34H,5,16-19,22-24H2,1-4H3. The third kappa shape index (κ3) is 7.32. The molecular formula is C37H44Cl2N8O4. The molecule has 7 rings (SSSR count). The van der Waals surface area contributed by atoms with E-state index in [0.717, 1.165) is 61.0 Å². The van der Waals surface area contributed by atoms with E-state index in [9.17, 15) is 4.79 Å². The molecule has 0 bridgehead atoms. The van der Waals surface area contributed by atoms with Gasteiger partial charge < -0.3 is 24.0 Å². The number of hydrogen-bond donors (Lipinski definition) is 0. The number of ether oxygens (including phenoxy) is 3. The molecule has 5 unspecified atom stereocenters. The molecule has 2 aliphatic heterocycles. The van der Waals surface area contributed by atoms with E-state index in [2.05, 4.69) is 63.2 Å². The van der Waals surface area contributed by atoms with Gasteiger partial charge in [-0.05, 0) is 87.4 Å². The van der Waals surface area contributed by atoms with Crippen LogP contribution < -0.4 is 20.2 Å². The molecule has 2 aromatic carbocycles. The van der Waals surface area contributed by atoms with Crippen LogP contribution in [-0.2, 0) is 16.0 Å². The van der Waals surface area contributed by atoms with Crippen LogP contribution in [0.25, 0.3) is 5.69 Å². The SMILES string of the molecule is CCC(C)n1ncn(-c2ccc(N3CCN(c4ccc(OCC5COC(Cn6nccn6)(C6C=CC(Cl)=CC6(C)Cl)O5)c(C)c4)CC3)cc2)c1=O. The molecule has 0 radical (unpaired) electrons. The van der Waals surface area contributed by atoms with Crippen molar-refractivity contribution in [2.45, 2.75) is 63.5 Å². The highest BCUT2D eigenvalue weighted by Crippen LogP contribution is 2.46. The summed E-state index contributed by atoms with van der Waals surface area (Å²) in [5.74, 6) is -0.647. The minimum absolute atomic E-state index is 0.0635. The second-order valence-electron chi connectivity index (χ2n) is 13.7. The summed E-state index contributed by atoms with van der Waals surface area (Å²) in [4.78, 5) is 18.3. The van der Waals surface area contributed by atoms with Crippen LogP contribution in [0.2, 0.25) is 0 Å². The smallest absolute Gasteiger partial charge is 0.350 e. The average molecular weight is 736 g/mol. The van der Waals surface area contributed by atoms with Gasteiger partial charge in [-0.25, -0.2) is 14.0 Å². The lowest BCUT2D eigenvalue weighted by Gasteiger charge is -2.41. The van der Waals surface area contributed by atoms with Crippen LogP contribution in [-0.4, -0.2) is 85.5 Å². The zero-order chi connectivity index (χ0) is 35.8. The van der Waals surface area contributed by atoms with E-state index in [-0.39, 0.29) is 30.3 Å². The minimum atomic E-state index is -1.10. The predicted molar refractivity (Wildman–Crippen MR) is 198 cm³/mol. The molecule has 1 aliphatic carbocycles. The molecule has 4 aromatic rings. The summed E-state index contributed by atoms with van der Waals surface area (Å²) in [5.41, 5.74) is 4.05. The van der Waals surface area contributed by atoms with Gasteiger partial charge in [-0.2, -0.15) is 20.1 Å². The first-order valence-corrected chi connectivity index (χ1v) is 18.2.